The lowest BCUT2D eigenvalue weighted by Crippen LogP contribution is -2.36. The van der Waals surface area contributed by atoms with Crippen molar-refractivity contribution in [2.75, 3.05) is 16.8 Å². The van der Waals surface area contributed by atoms with Gasteiger partial charge in [-0.3, -0.25) is 14.4 Å². The SMILES string of the molecule is O=C1CCc2cc(C(=O)C(=O)N3CC(c4ccccc4)c4ccccc43)ccc2N1. The zero-order chi connectivity index (χ0) is 20.7. The summed E-state index contributed by atoms with van der Waals surface area (Å²) in [6, 6.07) is 22.8. The molecular formula is C25H20N2O3. The summed E-state index contributed by atoms with van der Waals surface area (Å²) in [5.41, 5.74) is 4.92. The van der Waals surface area contributed by atoms with Gasteiger partial charge in [-0.15, -0.1) is 0 Å². The Morgan fingerprint density at radius 2 is 1.67 bits per heavy atom. The topological polar surface area (TPSA) is 66.5 Å². The van der Waals surface area contributed by atoms with Gasteiger partial charge >= 0.3 is 0 Å². The highest BCUT2D eigenvalue weighted by Gasteiger charge is 2.36. The van der Waals surface area contributed by atoms with Crippen LogP contribution in [0.5, 0.6) is 0 Å². The summed E-state index contributed by atoms with van der Waals surface area (Å²) in [5, 5.41) is 2.80. The maximum Gasteiger partial charge on any atom is 0.299 e. The lowest BCUT2D eigenvalue weighted by Gasteiger charge is -2.19. The maximum atomic E-state index is 13.2. The van der Waals surface area contributed by atoms with Crippen LogP contribution in [0.1, 0.15) is 39.4 Å². The van der Waals surface area contributed by atoms with Crippen molar-refractivity contribution in [3.8, 4) is 0 Å². The number of para-hydroxylation sites is 1. The zero-order valence-corrected chi connectivity index (χ0v) is 16.3. The summed E-state index contributed by atoms with van der Waals surface area (Å²) in [5.74, 6) is -1.05. The van der Waals surface area contributed by atoms with Crippen LogP contribution in [0.3, 0.4) is 0 Å². The Balaban J connectivity index is 1.45. The van der Waals surface area contributed by atoms with Crippen LogP contribution in [0.25, 0.3) is 0 Å². The standard InChI is InChI=1S/C25H20N2O3/c28-23-13-11-17-14-18(10-12-21(17)26-23)24(29)25(30)27-15-20(16-6-2-1-3-7-16)19-8-4-5-9-22(19)27/h1-10,12,14,20H,11,13,15H2,(H,26,28). The molecule has 2 aliphatic heterocycles. The lowest BCUT2D eigenvalue weighted by molar-refractivity contribution is -0.116. The van der Waals surface area contributed by atoms with Crippen LogP contribution in [0, 0.1) is 0 Å². The van der Waals surface area contributed by atoms with Crippen molar-refractivity contribution in [2.24, 2.45) is 0 Å². The molecule has 0 saturated heterocycles. The normalized spacial score (nSPS) is 17.1. The highest BCUT2D eigenvalue weighted by atomic mass is 16.2. The number of benzene rings is 3. The first kappa shape index (κ1) is 18.3. The Labute approximate surface area is 174 Å². The number of Topliss-reactive ketones (excluding diaryl/α,β-unsaturated/α-hetero) is 1. The molecule has 3 aromatic rings. The fourth-order valence-corrected chi connectivity index (χ4v) is 4.34. The number of nitrogens with one attached hydrogen (secondary N) is 1. The Hall–Kier alpha value is -3.73. The Kier molecular flexibility index (Phi) is 4.43. The summed E-state index contributed by atoms with van der Waals surface area (Å²) in [6.45, 7) is 0.439. The highest BCUT2D eigenvalue weighted by molar-refractivity contribution is 6.47. The van der Waals surface area contributed by atoms with Crippen LogP contribution in [0.15, 0.2) is 72.8 Å². The molecule has 30 heavy (non-hydrogen) atoms. The van der Waals surface area contributed by atoms with E-state index in [4.69, 9.17) is 0 Å². The summed E-state index contributed by atoms with van der Waals surface area (Å²) >= 11 is 0. The molecule has 2 amide bonds. The van der Waals surface area contributed by atoms with Gasteiger partial charge in [-0.25, -0.2) is 0 Å². The van der Waals surface area contributed by atoms with E-state index in [1.54, 1.807) is 23.1 Å². The van der Waals surface area contributed by atoms with Crippen LogP contribution >= 0.6 is 0 Å². The molecule has 1 unspecified atom stereocenters. The monoisotopic (exact) mass is 396 g/mol. The predicted octanol–water partition coefficient (Wildman–Crippen LogP) is 3.93. The van der Waals surface area contributed by atoms with E-state index < -0.39 is 11.7 Å². The molecule has 0 aliphatic carbocycles. The predicted molar refractivity (Wildman–Crippen MR) is 115 cm³/mol. The molecule has 2 aliphatic rings. The number of carbonyl (C=O) groups excluding carboxylic acids is 3. The average molecular weight is 396 g/mol. The zero-order valence-electron chi connectivity index (χ0n) is 16.3. The molecule has 148 valence electrons. The summed E-state index contributed by atoms with van der Waals surface area (Å²) in [7, 11) is 0. The van der Waals surface area contributed by atoms with Gasteiger partial charge in [-0.1, -0.05) is 48.5 Å². The van der Waals surface area contributed by atoms with Crippen LogP contribution in [-0.4, -0.2) is 24.1 Å². The molecule has 1 N–H and O–H groups in total. The molecule has 0 bridgehead atoms. The Bertz CT molecular complexity index is 1170. The van der Waals surface area contributed by atoms with Gasteiger partial charge in [0.25, 0.3) is 11.7 Å². The number of amides is 2. The molecule has 2 heterocycles. The minimum atomic E-state index is -0.529. The Morgan fingerprint density at radius 3 is 2.50 bits per heavy atom. The number of rotatable bonds is 3. The fraction of sp³-hybridized carbons (Fsp3) is 0.160. The van der Waals surface area contributed by atoms with Gasteiger partial charge in [0.05, 0.1) is 0 Å². The molecule has 0 radical (unpaired) electrons. The highest BCUT2D eigenvalue weighted by Crippen LogP contribution is 2.40. The maximum absolute atomic E-state index is 13.2. The Morgan fingerprint density at radius 1 is 0.900 bits per heavy atom. The third kappa shape index (κ3) is 3.08. The van der Waals surface area contributed by atoms with Crippen LogP contribution < -0.4 is 10.2 Å². The van der Waals surface area contributed by atoms with Crippen molar-refractivity contribution >= 4 is 29.0 Å². The third-order valence-electron chi connectivity index (χ3n) is 5.87. The quantitative estimate of drug-likeness (QED) is 0.539. The number of hydrogen-bond acceptors (Lipinski definition) is 3. The fourth-order valence-electron chi connectivity index (χ4n) is 4.34. The number of nitrogens with zero attached hydrogens (tertiary/aromatic N) is 1. The molecule has 0 spiro atoms. The first-order valence-corrected chi connectivity index (χ1v) is 10.0. The smallest absolute Gasteiger partial charge is 0.299 e. The van der Waals surface area contributed by atoms with E-state index in [0.717, 1.165) is 22.4 Å². The first-order valence-electron chi connectivity index (χ1n) is 10.0. The average Bonchev–Trinajstić information content (AvgIpc) is 3.18. The lowest BCUT2D eigenvalue weighted by atomic mass is 9.93. The van der Waals surface area contributed by atoms with Crippen LogP contribution in [0.2, 0.25) is 0 Å². The molecular weight excluding hydrogens is 376 g/mol. The molecule has 0 saturated carbocycles. The van der Waals surface area contributed by atoms with Gasteiger partial charge in [0.1, 0.15) is 0 Å². The van der Waals surface area contributed by atoms with Gasteiger partial charge < -0.3 is 10.2 Å². The molecule has 5 heteroatoms. The molecule has 5 nitrogen and oxygen atoms in total. The molecule has 0 aromatic heterocycles. The number of ketones is 1. The van der Waals surface area contributed by atoms with Crippen LogP contribution in [0.4, 0.5) is 11.4 Å². The van der Waals surface area contributed by atoms with E-state index in [1.807, 2.05) is 42.5 Å². The summed E-state index contributed by atoms with van der Waals surface area (Å²) in [4.78, 5) is 39.4. The second-order valence-corrected chi connectivity index (χ2v) is 7.69. The van der Waals surface area contributed by atoms with E-state index >= 15 is 0 Å². The number of aryl methyl sites for hydroxylation is 1. The minimum Gasteiger partial charge on any atom is -0.326 e. The summed E-state index contributed by atoms with van der Waals surface area (Å²) in [6.07, 6.45) is 0.954. The van der Waals surface area contributed by atoms with Gasteiger partial charge in [0.2, 0.25) is 5.91 Å². The number of hydrogen-bond donors (Lipinski definition) is 1. The van der Waals surface area contributed by atoms with Crippen molar-refractivity contribution in [1.82, 2.24) is 0 Å². The van der Waals surface area contributed by atoms with Gasteiger partial charge in [0, 0.05) is 35.8 Å². The van der Waals surface area contributed by atoms with Crippen molar-refractivity contribution in [3.63, 3.8) is 0 Å². The van der Waals surface area contributed by atoms with E-state index in [-0.39, 0.29) is 11.8 Å². The van der Waals surface area contributed by atoms with E-state index in [1.165, 1.54) is 0 Å². The second-order valence-electron chi connectivity index (χ2n) is 7.69. The number of carbonyl (C=O) groups is 3. The van der Waals surface area contributed by atoms with Crippen LogP contribution in [-0.2, 0) is 16.0 Å². The van der Waals surface area contributed by atoms with Crippen molar-refractivity contribution < 1.29 is 14.4 Å². The van der Waals surface area contributed by atoms with Crippen molar-refractivity contribution in [2.45, 2.75) is 18.8 Å². The van der Waals surface area contributed by atoms with E-state index in [0.29, 0.717) is 30.6 Å². The second kappa shape index (κ2) is 7.26. The molecule has 5 rings (SSSR count). The molecule has 3 aromatic carbocycles. The van der Waals surface area contributed by atoms with E-state index in [9.17, 15) is 14.4 Å². The third-order valence-corrected chi connectivity index (χ3v) is 5.87. The van der Waals surface area contributed by atoms with Crippen molar-refractivity contribution in [3.05, 3.63) is 95.1 Å². The largest absolute Gasteiger partial charge is 0.326 e. The summed E-state index contributed by atoms with van der Waals surface area (Å²) < 4.78 is 0. The van der Waals surface area contributed by atoms with E-state index in [2.05, 4.69) is 17.4 Å². The van der Waals surface area contributed by atoms with Gasteiger partial charge in [-0.2, -0.15) is 0 Å². The number of anilines is 2. The number of fused-ring (bicyclic) bond motifs is 2. The molecule has 1 atom stereocenters. The van der Waals surface area contributed by atoms with Crippen molar-refractivity contribution in [1.29, 1.82) is 0 Å². The van der Waals surface area contributed by atoms with Gasteiger partial charge in [-0.05, 0) is 47.4 Å². The van der Waals surface area contributed by atoms with Gasteiger partial charge in [0.15, 0.2) is 0 Å². The molecule has 0 fully saturated rings. The minimum absolute atomic E-state index is 0.0294. The first-order chi connectivity index (χ1) is 14.6.